The summed E-state index contributed by atoms with van der Waals surface area (Å²) >= 11 is 6.84. The zero-order valence-electron chi connectivity index (χ0n) is 26.5. The number of H-pyrrole nitrogens is 1. The molecule has 0 spiro atoms. The van der Waals surface area contributed by atoms with Gasteiger partial charge in [0.1, 0.15) is 23.9 Å². The third-order valence-corrected chi connectivity index (χ3v) is 8.31. The quantitative estimate of drug-likeness (QED) is 0.0871. The highest BCUT2D eigenvalue weighted by Gasteiger charge is 2.30. The molecule has 12 heteroatoms. The van der Waals surface area contributed by atoms with Crippen LogP contribution in [0.15, 0.2) is 48.5 Å². The number of hydrogen-bond acceptors (Lipinski definition) is 6. The minimum atomic E-state index is -3.19. The summed E-state index contributed by atoms with van der Waals surface area (Å²) in [5.41, 5.74) is 4.02. The minimum Gasteiger partial charge on any atom is -0.493 e. The Morgan fingerprint density at radius 1 is 1.11 bits per heavy atom. The van der Waals surface area contributed by atoms with E-state index in [1.807, 2.05) is 31.2 Å². The fourth-order valence-electron chi connectivity index (χ4n) is 5.90. The number of carbonyl (C=O) groups excluding carboxylic acids is 1. The van der Waals surface area contributed by atoms with Crippen LogP contribution in [0.4, 0.5) is 13.2 Å². The van der Waals surface area contributed by atoms with Gasteiger partial charge in [-0.3, -0.25) is 4.68 Å². The predicted molar refractivity (Wildman–Crippen MR) is 175 cm³/mol. The molecule has 0 bridgehead atoms. The third kappa shape index (κ3) is 7.42. The molecule has 2 heterocycles. The van der Waals surface area contributed by atoms with Gasteiger partial charge in [-0.25, -0.2) is 18.0 Å². The molecule has 0 atom stereocenters. The van der Waals surface area contributed by atoms with Crippen LogP contribution in [0.5, 0.6) is 5.75 Å². The normalized spacial score (nSPS) is 11.9. The molecular formula is C35H37ClF3N3O5. The average Bonchev–Trinajstić information content (AvgIpc) is 3.55. The van der Waals surface area contributed by atoms with Gasteiger partial charge in [-0.15, -0.1) is 0 Å². The van der Waals surface area contributed by atoms with E-state index in [0.717, 1.165) is 27.4 Å². The number of nitrogens with one attached hydrogen (secondary N) is 1. The predicted octanol–water partition coefficient (Wildman–Crippen LogP) is 7.80. The molecule has 8 nitrogen and oxygen atoms in total. The number of aliphatic hydroxyl groups excluding tert-OH is 1. The molecule has 2 N–H and O–H groups in total. The maximum Gasteiger partial charge on any atom is 0.355 e. The number of ether oxygens (including phenoxy) is 3. The Bertz CT molecular complexity index is 1890. The van der Waals surface area contributed by atoms with Crippen molar-refractivity contribution < 1.29 is 37.3 Å². The van der Waals surface area contributed by atoms with Crippen molar-refractivity contribution in [3.8, 4) is 16.9 Å². The highest BCUT2D eigenvalue weighted by Crippen LogP contribution is 2.41. The molecule has 250 valence electrons. The third-order valence-electron chi connectivity index (χ3n) is 8.00. The van der Waals surface area contributed by atoms with Crippen molar-refractivity contribution >= 4 is 39.2 Å². The van der Waals surface area contributed by atoms with Crippen molar-refractivity contribution in [2.24, 2.45) is 7.05 Å². The highest BCUT2D eigenvalue weighted by molar-refractivity contribution is 6.35. The lowest BCUT2D eigenvalue weighted by Gasteiger charge is -2.15. The molecule has 0 amide bonds. The van der Waals surface area contributed by atoms with Crippen LogP contribution in [0, 0.1) is 5.82 Å². The molecule has 0 fully saturated rings. The van der Waals surface area contributed by atoms with E-state index in [1.54, 1.807) is 30.8 Å². The van der Waals surface area contributed by atoms with Gasteiger partial charge in [-0.2, -0.15) is 5.10 Å². The Balaban J connectivity index is 1.49. The van der Waals surface area contributed by atoms with E-state index >= 15 is 0 Å². The van der Waals surface area contributed by atoms with Crippen LogP contribution in [0.3, 0.4) is 0 Å². The van der Waals surface area contributed by atoms with E-state index in [2.05, 4.69) is 10.1 Å². The molecule has 5 rings (SSSR count). The van der Waals surface area contributed by atoms with Gasteiger partial charge < -0.3 is 24.3 Å². The van der Waals surface area contributed by atoms with Gasteiger partial charge in [-0.05, 0) is 67.5 Å². The molecule has 5 aromatic rings. The zero-order chi connectivity index (χ0) is 33.7. The maximum absolute atomic E-state index is 14.1. The minimum absolute atomic E-state index is 0.178. The van der Waals surface area contributed by atoms with Crippen molar-refractivity contribution in [2.45, 2.75) is 52.1 Å². The van der Waals surface area contributed by atoms with Gasteiger partial charge in [0, 0.05) is 47.7 Å². The van der Waals surface area contributed by atoms with Gasteiger partial charge >= 0.3 is 5.97 Å². The molecule has 0 saturated carbocycles. The molecule has 0 aliphatic rings. The van der Waals surface area contributed by atoms with E-state index in [0.29, 0.717) is 59.0 Å². The number of carbonyl (C=O) groups is 1. The first-order valence-corrected chi connectivity index (χ1v) is 15.9. The van der Waals surface area contributed by atoms with Gasteiger partial charge in [0.2, 0.25) is 0 Å². The summed E-state index contributed by atoms with van der Waals surface area (Å²) in [6.07, 6.45) is 0.853. The summed E-state index contributed by atoms with van der Waals surface area (Å²) in [5.74, 6) is -3.40. The van der Waals surface area contributed by atoms with E-state index in [1.165, 1.54) is 12.1 Å². The SMILES string of the molecule is CCOC(=O)c1[nH]c2c(-c3c(COCC(F)(F)CCO)nn(C)c3CC)c(Cl)ccc2c1CCCOc1cccc2cc(F)ccc12. The van der Waals surface area contributed by atoms with Crippen LogP contribution in [0.1, 0.15) is 54.1 Å². The van der Waals surface area contributed by atoms with Gasteiger partial charge in [-0.1, -0.05) is 36.7 Å². The van der Waals surface area contributed by atoms with Crippen LogP contribution in [-0.4, -0.2) is 58.2 Å². The lowest BCUT2D eigenvalue weighted by atomic mass is 9.97. The monoisotopic (exact) mass is 671 g/mol. The van der Waals surface area contributed by atoms with Crippen molar-refractivity contribution in [3.63, 3.8) is 0 Å². The number of hydrogen-bond donors (Lipinski definition) is 2. The Kier molecular flexibility index (Phi) is 10.8. The number of alkyl halides is 2. The summed E-state index contributed by atoms with van der Waals surface area (Å²) in [6.45, 7) is 2.44. The molecule has 47 heavy (non-hydrogen) atoms. The molecule has 0 unspecified atom stereocenters. The number of halogens is 4. The van der Waals surface area contributed by atoms with Crippen LogP contribution < -0.4 is 4.74 Å². The first-order chi connectivity index (χ1) is 22.6. The topological polar surface area (TPSA) is 98.6 Å². The summed E-state index contributed by atoms with van der Waals surface area (Å²) in [4.78, 5) is 16.5. The fraction of sp³-hybridized carbons (Fsp3) is 0.371. The summed E-state index contributed by atoms with van der Waals surface area (Å²) in [6, 6.07) is 13.6. The molecule has 0 saturated heterocycles. The molecular weight excluding hydrogens is 635 g/mol. The van der Waals surface area contributed by atoms with Crippen LogP contribution in [-0.2, 0) is 36.0 Å². The Hall–Kier alpha value is -4.06. The molecule has 0 aliphatic carbocycles. The Morgan fingerprint density at radius 3 is 2.64 bits per heavy atom. The number of esters is 1. The first kappa shape index (κ1) is 34.3. The summed E-state index contributed by atoms with van der Waals surface area (Å²) in [7, 11) is 1.76. The number of nitrogens with zero attached hydrogens (tertiary/aromatic N) is 2. The number of aliphatic hydroxyl groups is 1. The second kappa shape index (κ2) is 14.8. The second-order valence-corrected chi connectivity index (χ2v) is 11.6. The van der Waals surface area contributed by atoms with Gasteiger partial charge in [0.25, 0.3) is 5.92 Å². The molecule has 2 aromatic heterocycles. The van der Waals surface area contributed by atoms with Gasteiger partial charge in [0.15, 0.2) is 0 Å². The first-order valence-electron chi connectivity index (χ1n) is 15.5. The van der Waals surface area contributed by atoms with E-state index in [-0.39, 0.29) is 24.7 Å². The van der Waals surface area contributed by atoms with E-state index < -0.39 is 31.5 Å². The number of aromatic amines is 1. The lowest BCUT2D eigenvalue weighted by Crippen LogP contribution is -2.25. The maximum atomic E-state index is 14.1. The number of benzene rings is 3. The van der Waals surface area contributed by atoms with Crippen molar-refractivity contribution in [1.82, 2.24) is 14.8 Å². The van der Waals surface area contributed by atoms with Crippen molar-refractivity contribution in [3.05, 3.63) is 82.0 Å². The molecule has 0 aliphatic heterocycles. The van der Waals surface area contributed by atoms with Crippen LogP contribution in [0.2, 0.25) is 5.02 Å². The van der Waals surface area contributed by atoms with Crippen LogP contribution >= 0.6 is 11.6 Å². The Labute approximate surface area is 275 Å². The summed E-state index contributed by atoms with van der Waals surface area (Å²) in [5, 5.41) is 16.2. The number of rotatable bonds is 15. The lowest BCUT2D eigenvalue weighted by molar-refractivity contribution is -0.0936. The highest BCUT2D eigenvalue weighted by atomic mass is 35.5. The van der Waals surface area contributed by atoms with Crippen LogP contribution in [0.25, 0.3) is 32.8 Å². The summed E-state index contributed by atoms with van der Waals surface area (Å²) < 4.78 is 60.4. The number of fused-ring (bicyclic) bond motifs is 2. The standard InChI is InChI=1S/C35H37ClF3N3O5/c1-4-28-31(27(41-42(28)3)19-45-20-35(38,39)15-16-43)30-26(36)14-13-25-24(33(40-32(25)30)34(44)46-5-2)9-7-17-47-29-10-6-8-21-18-22(37)11-12-23(21)29/h6,8,10-14,18,40,43H,4-5,7,9,15-17,19-20H2,1-3H3. The smallest absolute Gasteiger partial charge is 0.355 e. The molecule has 3 aromatic carbocycles. The van der Waals surface area contributed by atoms with Gasteiger partial charge in [0.05, 0.1) is 36.1 Å². The zero-order valence-corrected chi connectivity index (χ0v) is 27.2. The largest absolute Gasteiger partial charge is 0.493 e. The fourth-order valence-corrected chi connectivity index (χ4v) is 6.16. The van der Waals surface area contributed by atoms with E-state index in [4.69, 9.17) is 30.9 Å². The molecule has 0 radical (unpaired) electrons. The van der Waals surface area contributed by atoms with Crippen molar-refractivity contribution in [2.75, 3.05) is 26.4 Å². The average molecular weight is 672 g/mol. The number of aryl methyl sites for hydroxylation is 2. The van der Waals surface area contributed by atoms with Crippen molar-refractivity contribution in [1.29, 1.82) is 0 Å². The van der Waals surface area contributed by atoms with E-state index in [9.17, 15) is 18.0 Å². The Morgan fingerprint density at radius 2 is 1.89 bits per heavy atom. The number of aromatic nitrogens is 3. The second-order valence-electron chi connectivity index (χ2n) is 11.2.